The van der Waals surface area contributed by atoms with Gasteiger partial charge in [0.15, 0.2) is 5.66 Å². The lowest BCUT2D eigenvalue weighted by Crippen LogP contribution is -2.78. The van der Waals surface area contributed by atoms with Gasteiger partial charge in [0.1, 0.15) is 12.8 Å². The number of quaternary nitrogens is 1. The Morgan fingerprint density at radius 2 is 1.76 bits per heavy atom. The lowest BCUT2D eigenvalue weighted by molar-refractivity contribution is -0.942. The van der Waals surface area contributed by atoms with Crippen molar-refractivity contribution in [1.82, 2.24) is 14.7 Å². The van der Waals surface area contributed by atoms with Gasteiger partial charge in [-0.3, -0.25) is 4.90 Å². The van der Waals surface area contributed by atoms with E-state index in [1.165, 1.54) is 0 Å². The SMILES string of the molecule is Cc1cccc(C[N@+]2(C(=O)O)CCC(N3CCc4ccccc4NC3=O)CC2(CC=O)N2CCC(N3CCC(C)(O)CC3)CC2)c1. The first kappa shape index (κ1) is 32.6. The summed E-state index contributed by atoms with van der Waals surface area (Å²) in [6.07, 6.45) is 4.96. The Kier molecular flexibility index (Phi) is 9.26. The predicted octanol–water partition coefficient (Wildman–Crippen LogP) is 4.84. The molecule has 3 saturated heterocycles. The monoisotopic (exact) mass is 632 g/mol. The van der Waals surface area contributed by atoms with E-state index in [0.717, 1.165) is 67.4 Å². The van der Waals surface area contributed by atoms with Crippen LogP contribution in [0.5, 0.6) is 0 Å². The molecular formula is C36H50N5O5+. The Morgan fingerprint density at radius 1 is 1.02 bits per heavy atom. The zero-order valence-corrected chi connectivity index (χ0v) is 27.4. The molecule has 4 aliphatic heterocycles. The summed E-state index contributed by atoms with van der Waals surface area (Å²) < 4.78 is -0.251. The van der Waals surface area contributed by atoms with Crippen molar-refractivity contribution in [2.24, 2.45) is 0 Å². The summed E-state index contributed by atoms with van der Waals surface area (Å²) in [7, 11) is 0. The Bertz CT molecular complexity index is 1430. The molecule has 0 saturated carbocycles. The van der Waals surface area contributed by atoms with Crippen molar-refractivity contribution >= 4 is 24.1 Å². The van der Waals surface area contributed by atoms with Crippen molar-refractivity contribution in [3.63, 3.8) is 0 Å². The summed E-state index contributed by atoms with van der Waals surface area (Å²) in [6.45, 7) is 8.12. The van der Waals surface area contributed by atoms with Crippen LogP contribution in [0.25, 0.3) is 0 Å². The van der Waals surface area contributed by atoms with Gasteiger partial charge in [0.25, 0.3) is 0 Å². The van der Waals surface area contributed by atoms with Gasteiger partial charge in [-0.2, -0.15) is 4.79 Å². The normalized spacial score (nSPS) is 29.4. The molecule has 0 radical (unpaired) electrons. The van der Waals surface area contributed by atoms with Crippen molar-refractivity contribution < 1.29 is 29.1 Å². The van der Waals surface area contributed by atoms with Gasteiger partial charge in [-0.1, -0.05) is 48.0 Å². The van der Waals surface area contributed by atoms with Crippen LogP contribution in [-0.2, 0) is 17.8 Å². The molecule has 2 aromatic rings. The van der Waals surface area contributed by atoms with Crippen molar-refractivity contribution in [3.8, 4) is 0 Å². The molecule has 46 heavy (non-hydrogen) atoms. The van der Waals surface area contributed by atoms with E-state index in [1.54, 1.807) is 0 Å². The van der Waals surface area contributed by atoms with E-state index >= 15 is 0 Å². The second-order valence-electron chi connectivity index (χ2n) is 14.4. The summed E-state index contributed by atoms with van der Waals surface area (Å²) >= 11 is 0. The zero-order valence-electron chi connectivity index (χ0n) is 27.4. The highest BCUT2D eigenvalue weighted by Gasteiger charge is 2.64. The van der Waals surface area contributed by atoms with Crippen LogP contribution < -0.4 is 5.32 Å². The molecule has 6 rings (SSSR count). The first-order valence-corrected chi connectivity index (χ1v) is 17.0. The third-order valence-corrected chi connectivity index (χ3v) is 11.5. The minimum atomic E-state index is -1.02. The number of aldehydes is 1. The molecular weight excluding hydrogens is 582 g/mol. The highest BCUT2D eigenvalue weighted by Crippen LogP contribution is 2.46. The number of nitrogens with zero attached hydrogens (tertiary/aromatic N) is 4. The molecule has 3 fully saturated rings. The lowest BCUT2D eigenvalue weighted by Gasteiger charge is -2.59. The minimum absolute atomic E-state index is 0.0779. The number of hydrogen-bond donors (Lipinski definition) is 3. The van der Waals surface area contributed by atoms with E-state index in [0.29, 0.717) is 51.5 Å². The fraction of sp³-hybridized carbons (Fsp3) is 0.583. The molecule has 248 valence electrons. The molecule has 3 atom stereocenters. The number of nitrogens with one attached hydrogen (secondary N) is 1. The number of carbonyl (C=O) groups excluding carboxylic acids is 2. The van der Waals surface area contributed by atoms with Gasteiger partial charge in [-0.15, -0.1) is 0 Å². The number of rotatable bonds is 7. The zero-order chi connectivity index (χ0) is 32.5. The van der Waals surface area contributed by atoms with Crippen LogP contribution in [-0.4, -0.2) is 110 Å². The Balaban J connectivity index is 1.33. The second-order valence-corrected chi connectivity index (χ2v) is 14.4. The Hall–Kier alpha value is -3.31. The molecule has 0 aromatic heterocycles. The Morgan fingerprint density at radius 3 is 2.46 bits per heavy atom. The summed E-state index contributed by atoms with van der Waals surface area (Å²) in [5, 5.41) is 24.8. The van der Waals surface area contributed by atoms with Crippen LogP contribution in [0, 0.1) is 6.92 Å². The summed E-state index contributed by atoms with van der Waals surface area (Å²) in [5.74, 6) is 0. The van der Waals surface area contributed by atoms with Crippen LogP contribution in [0.2, 0.25) is 0 Å². The number of aryl methyl sites for hydroxylation is 1. The smallest absolute Gasteiger partial charge is 0.435 e. The topological polar surface area (TPSA) is 113 Å². The van der Waals surface area contributed by atoms with E-state index in [4.69, 9.17) is 0 Å². The first-order chi connectivity index (χ1) is 22.1. The number of benzene rings is 2. The summed E-state index contributed by atoms with van der Waals surface area (Å²) in [4.78, 5) is 46.8. The van der Waals surface area contributed by atoms with Crippen LogP contribution in [0.3, 0.4) is 0 Å². The molecule has 0 spiro atoms. The number of aliphatic hydroxyl groups is 1. The molecule has 3 amide bonds. The predicted molar refractivity (Wildman–Crippen MR) is 176 cm³/mol. The maximum absolute atomic E-state index is 13.7. The number of para-hydroxylation sites is 1. The fourth-order valence-electron chi connectivity index (χ4n) is 8.86. The van der Waals surface area contributed by atoms with E-state index in [9.17, 15) is 24.6 Å². The van der Waals surface area contributed by atoms with E-state index in [2.05, 4.69) is 21.2 Å². The molecule has 0 aliphatic carbocycles. The molecule has 0 bridgehead atoms. The molecule has 10 nitrogen and oxygen atoms in total. The minimum Gasteiger partial charge on any atom is -0.435 e. The molecule has 2 aromatic carbocycles. The van der Waals surface area contributed by atoms with Gasteiger partial charge in [-0.25, -0.2) is 9.28 Å². The summed E-state index contributed by atoms with van der Waals surface area (Å²) in [5.41, 5.74) is 2.29. The highest BCUT2D eigenvalue weighted by atomic mass is 16.4. The third-order valence-electron chi connectivity index (χ3n) is 11.5. The van der Waals surface area contributed by atoms with E-state index in [1.807, 2.05) is 61.2 Å². The molecule has 2 unspecified atom stereocenters. The number of urea groups is 1. The average molecular weight is 633 g/mol. The number of piperidine rings is 3. The average Bonchev–Trinajstić information content (AvgIpc) is 3.20. The summed E-state index contributed by atoms with van der Waals surface area (Å²) in [6, 6.07) is 15.9. The largest absolute Gasteiger partial charge is 0.515 e. The maximum Gasteiger partial charge on any atom is 0.515 e. The van der Waals surface area contributed by atoms with E-state index < -0.39 is 17.4 Å². The van der Waals surface area contributed by atoms with Crippen molar-refractivity contribution in [3.05, 3.63) is 65.2 Å². The van der Waals surface area contributed by atoms with Gasteiger partial charge in [0.2, 0.25) is 0 Å². The quantitative estimate of drug-likeness (QED) is 0.296. The van der Waals surface area contributed by atoms with Gasteiger partial charge in [-0.05, 0) is 57.6 Å². The molecule has 4 aliphatic rings. The molecule has 10 heteroatoms. The van der Waals surface area contributed by atoms with Gasteiger partial charge < -0.3 is 30.1 Å². The highest BCUT2D eigenvalue weighted by molar-refractivity contribution is 5.91. The standard InChI is InChI=1S/C36H49N5O5/c1-27-6-5-7-28(24-27)26-41(34(44)45)22-13-31(40-19-10-29-8-3-4-9-32(29)37-33(40)43)25-36(41,16-23-42)39-17-11-30(12-18-39)38-20-14-35(2,46)15-21-38/h3-9,23-24,30-31,46H,10-22,25-26H2,1-2H3,(H-,37,43,44,45)/p+1/t31?,36?,41-/m0/s1. The number of hydrogen-bond acceptors (Lipinski definition) is 6. The number of likely N-dealkylation sites (tertiary alicyclic amines) is 3. The maximum atomic E-state index is 13.7. The number of carboxylic acid groups (broad SMARTS) is 1. The molecule has 3 N–H and O–H groups in total. The van der Waals surface area contributed by atoms with Crippen molar-refractivity contribution in [1.29, 1.82) is 0 Å². The number of carbonyl (C=O) groups is 3. The Labute approximate surface area is 272 Å². The first-order valence-electron chi connectivity index (χ1n) is 17.0. The number of fused-ring (bicyclic) bond motifs is 1. The fourth-order valence-corrected chi connectivity index (χ4v) is 8.86. The van der Waals surface area contributed by atoms with Crippen LogP contribution >= 0.6 is 0 Å². The van der Waals surface area contributed by atoms with Crippen LogP contribution in [0.1, 0.15) is 68.6 Å². The van der Waals surface area contributed by atoms with Gasteiger partial charge >= 0.3 is 12.1 Å². The second kappa shape index (κ2) is 13.1. The number of anilines is 1. The van der Waals surface area contributed by atoms with Gasteiger partial charge in [0, 0.05) is 68.9 Å². The van der Waals surface area contributed by atoms with Gasteiger partial charge in [0.05, 0.1) is 18.6 Å². The van der Waals surface area contributed by atoms with Crippen molar-refractivity contribution in [2.75, 3.05) is 44.6 Å². The lowest BCUT2D eigenvalue weighted by atomic mass is 9.81. The third kappa shape index (κ3) is 6.20. The van der Waals surface area contributed by atoms with E-state index in [-0.39, 0.29) is 29.5 Å². The van der Waals surface area contributed by atoms with Crippen molar-refractivity contribution in [2.45, 2.75) is 95.1 Å². The van der Waals surface area contributed by atoms with Crippen LogP contribution in [0.15, 0.2) is 48.5 Å². The number of amides is 3. The molecule has 4 heterocycles. The van der Waals surface area contributed by atoms with Crippen LogP contribution in [0.4, 0.5) is 15.3 Å².